The highest BCUT2D eigenvalue weighted by molar-refractivity contribution is 5.51. The SMILES string of the molecule is CCc1ccccc1NCC(O)c1cc(C)ccc1C. The van der Waals surface area contributed by atoms with Crippen molar-refractivity contribution in [2.24, 2.45) is 0 Å². The lowest BCUT2D eigenvalue weighted by molar-refractivity contribution is 0.191. The van der Waals surface area contributed by atoms with Gasteiger partial charge in [0.25, 0.3) is 0 Å². The molecule has 0 aliphatic carbocycles. The van der Waals surface area contributed by atoms with Gasteiger partial charge in [-0.1, -0.05) is 48.9 Å². The Hall–Kier alpha value is -1.80. The van der Waals surface area contributed by atoms with Crippen molar-refractivity contribution in [3.63, 3.8) is 0 Å². The van der Waals surface area contributed by atoms with Gasteiger partial charge in [-0.25, -0.2) is 0 Å². The average molecular weight is 269 g/mol. The van der Waals surface area contributed by atoms with Crippen LogP contribution < -0.4 is 5.32 Å². The van der Waals surface area contributed by atoms with Crippen LogP contribution in [0.1, 0.15) is 35.3 Å². The van der Waals surface area contributed by atoms with Gasteiger partial charge < -0.3 is 10.4 Å². The molecule has 0 saturated heterocycles. The number of hydrogen-bond donors (Lipinski definition) is 2. The zero-order valence-electron chi connectivity index (χ0n) is 12.5. The first-order valence-corrected chi connectivity index (χ1v) is 7.18. The fourth-order valence-electron chi connectivity index (χ4n) is 2.44. The highest BCUT2D eigenvalue weighted by Crippen LogP contribution is 2.21. The van der Waals surface area contributed by atoms with E-state index in [0.717, 1.165) is 23.2 Å². The normalized spacial score (nSPS) is 12.2. The molecule has 0 saturated carbocycles. The van der Waals surface area contributed by atoms with Crippen molar-refractivity contribution in [2.45, 2.75) is 33.3 Å². The molecular weight excluding hydrogens is 246 g/mol. The highest BCUT2D eigenvalue weighted by Gasteiger charge is 2.11. The quantitative estimate of drug-likeness (QED) is 0.859. The van der Waals surface area contributed by atoms with E-state index in [2.05, 4.69) is 49.5 Å². The van der Waals surface area contributed by atoms with Gasteiger partial charge in [0.1, 0.15) is 0 Å². The zero-order valence-corrected chi connectivity index (χ0v) is 12.5. The Morgan fingerprint density at radius 2 is 1.85 bits per heavy atom. The Kier molecular flexibility index (Phi) is 4.80. The van der Waals surface area contributed by atoms with E-state index in [1.54, 1.807) is 0 Å². The largest absolute Gasteiger partial charge is 0.387 e. The number of nitrogens with one attached hydrogen (secondary N) is 1. The van der Waals surface area contributed by atoms with Crippen molar-refractivity contribution in [1.82, 2.24) is 0 Å². The van der Waals surface area contributed by atoms with Crippen LogP contribution in [0.15, 0.2) is 42.5 Å². The first-order chi connectivity index (χ1) is 9.61. The van der Waals surface area contributed by atoms with Crippen molar-refractivity contribution >= 4 is 5.69 Å². The second-order valence-electron chi connectivity index (χ2n) is 5.27. The van der Waals surface area contributed by atoms with Gasteiger partial charge in [-0.15, -0.1) is 0 Å². The van der Waals surface area contributed by atoms with Crippen molar-refractivity contribution in [3.05, 3.63) is 64.7 Å². The minimum absolute atomic E-state index is 0.486. The van der Waals surface area contributed by atoms with Crippen LogP contribution in [0.5, 0.6) is 0 Å². The van der Waals surface area contributed by atoms with E-state index >= 15 is 0 Å². The molecule has 106 valence electrons. The molecular formula is C18H23NO. The Morgan fingerprint density at radius 1 is 1.10 bits per heavy atom. The molecule has 0 fully saturated rings. The summed E-state index contributed by atoms with van der Waals surface area (Å²) in [5.41, 5.74) is 5.71. The van der Waals surface area contributed by atoms with Crippen LogP contribution in [0.2, 0.25) is 0 Å². The van der Waals surface area contributed by atoms with Crippen LogP contribution in [-0.4, -0.2) is 11.7 Å². The molecule has 0 radical (unpaired) electrons. The third-order valence-electron chi connectivity index (χ3n) is 3.68. The molecule has 0 aliphatic heterocycles. The molecule has 20 heavy (non-hydrogen) atoms. The maximum atomic E-state index is 10.4. The molecule has 1 atom stereocenters. The Morgan fingerprint density at radius 3 is 2.60 bits per heavy atom. The lowest BCUT2D eigenvalue weighted by atomic mass is 10.0. The summed E-state index contributed by atoms with van der Waals surface area (Å²) < 4.78 is 0. The second-order valence-corrected chi connectivity index (χ2v) is 5.27. The van der Waals surface area contributed by atoms with Crippen molar-refractivity contribution in [1.29, 1.82) is 0 Å². The summed E-state index contributed by atoms with van der Waals surface area (Å²) in [6.45, 7) is 6.76. The number of anilines is 1. The molecule has 0 spiro atoms. The van der Waals surface area contributed by atoms with Crippen LogP contribution in [0.25, 0.3) is 0 Å². The lowest BCUT2D eigenvalue weighted by Gasteiger charge is -2.17. The summed E-state index contributed by atoms with van der Waals surface area (Å²) in [5, 5.41) is 13.7. The first-order valence-electron chi connectivity index (χ1n) is 7.18. The molecule has 0 aliphatic rings. The van der Waals surface area contributed by atoms with Crippen LogP contribution in [0, 0.1) is 13.8 Å². The van der Waals surface area contributed by atoms with Gasteiger partial charge in [-0.05, 0) is 43.0 Å². The van der Waals surface area contributed by atoms with Gasteiger partial charge in [0.05, 0.1) is 6.10 Å². The van der Waals surface area contributed by atoms with Crippen LogP contribution in [0.4, 0.5) is 5.69 Å². The van der Waals surface area contributed by atoms with Gasteiger partial charge in [0.15, 0.2) is 0 Å². The van der Waals surface area contributed by atoms with E-state index in [9.17, 15) is 5.11 Å². The second kappa shape index (κ2) is 6.58. The van der Waals surface area contributed by atoms with E-state index in [-0.39, 0.29) is 0 Å². The third kappa shape index (κ3) is 3.40. The molecule has 2 nitrogen and oxygen atoms in total. The van der Waals surface area contributed by atoms with Gasteiger partial charge in [0, 0.05) is 12.2 Å². The highest BCUT2D eigenvalue weighted by atomic mass is 16.3. The fourth-order valence-corrected chi connectivity index (χ4v) is 2.44. The van der Waals surface area contributed by atoms with Crippen LogP contribution >= 0.6 is 0 Å². The standard InChI is InChI=1S/C18H23NO/c1-4-15-7-5-6-8-17(15)19-12-18(20)16-11-13(2)9-10-14(16)3/h5-11,18-20H,4,12H2,1-3H3. The molecule has 0 amide bonds. The Bertz CT molecular complexity index is 577. The van der Waals surface area contributed by atoms with E-state index in [4.69, 9.17) is 0 Å². The fraction of sp³-hybridized carbons (Fsp3) is 0.333. The summed E-state index contributed by atoms with van der Waals surface area (Å²) >= 11 is 0. The van der Waals surface area contributed by atoms with Crippen molar-refractivity contribution in [3.8, 4) is 0 Å². The smallest absolute Gasteiger partial charge is 0.0964 e. The topological polar surface area (TPSA) is 32.3 Å². The Balaban J connectivity index is 2.08. The number of para-hydroxylation sites is 1. The number of aliphatic hydroxyl groups is 1. The minimum atomic E-state index is -0.486. The molecule has 0 bridgehead atoms. The molecule has 0 aromatic heterocycles. The Labute approximate surface area is 121 Å². The maximum Gasteiger partial charge on any atom is 0.0964 e. The summed E-state index contributed by atoms with van der Waals surface area (Å²) in [5.74, 6) is 0. The third-order valence-corrected chi connectivity index (χ3v) is 3.68. The predicted octanol–water partition coefficient (Wildman–Crippen LogP) is 4.01. The van der Waals surface area contributed by atoms with Gasteiger partial charge in [-0.2, -0.15) is 0 Å². The first kappa shape index (κ1) is 14.6. The number of benzene rings is 2. The predicted molar refractivity (Wildman–Crippen MR) is 85.2 cm³/mol. The van der Waals surface area contributed by atoms with E-state index < -0.39 is 6.10 Å². The molecule has 2 aromatic carbocycles. The summed E-state index contributed by atoms with van der Waals surface area (Å²) in [7, 11) is 0. The average Bonchev–Trinajstić information content (AvgIpc) is 2.47. The summed E-state index contributed by atoms with van der Waals surface area (Å²) in [4.78, 5) is 0. The molecule has 1 unspecified atom stereocenters. The lowest BCUT2D eigenvalue weighted by Crippen LogP contribution is -2.14. The van der Waals surface area contributed by atoms with Crippen LogP contribution in [0.3, 0.4) is 0 Å². The monoisotopic (exact) mass is 269 g/mol. The number of aryl methyl sites for hydroxylation is 3. The molecule has 2 rings (SSSR count). The van der Waals surface area contributed by atoms with Gasteiger partial charge in [0.2, 0.25) is 0 Å². The molecule has 2 aromatic rings. The van der Waals surface area contributed by atoms with Gasteiger partial charge >= 0.3 is 0 Å². The molecule has 2 heteroatoms. The van der Waals surface area contributed by atoms with Gasteiger partial charge in [-0.3, -0.25) is 0 Å². The van der Waals surface area contributed by atoms with Crippen molar-refractivity contribution < 1.29 is 5.11 Å². The minimum Gasteiger partial charge on any atom is -0.387 e. The van der Waals surface area contributed by atoms with E-state index in [1.807, 2.05) is 19.1 Å². The number of aliphatic hydroxyl groups excluding tert-OH is 1. The maximum absolute atomic E-state index is 10.4. The zero-order chi connectivity index (χ0) is 14.5. The number of hydrogen-bond acceptors (Lipinski definition) is 2. The van der Waals surface area contributed by atoms with E-state index in [1.165, 1.54) is 11.1 Å². The molecule has 0 heterocycles. The van der Waals surface area contributed by atoms with Crippen LogP contribution in [-0.2, 0) is 6.42 Å². The number of rotatable bonds is 5. The summed E-state index contributed by atoms with van der Waals surface area (Å²) in [6.07, 6.45) is 0.503. The van der Waals surface area contributed by atoms with E-state index in [0.29, 0.717) is 6.54 Å². The molecule has 2 N–H and O–H groups in total. The van der Waals surface area contributed by atoms with Crippen molar-refractivity contribution in [2.75, 3.05) is 11.9 Å². The summed E-state index contributed by atoms with van der Waals surface area (Å²) in [6, 6.07) is 14.4.